The average Bonchev–Trinajstić information content (AvgIpc) is 2.16. The molecule has 0 heterocycles. The maximum Gasteiger partial charge on any atom is 0.305 e. The first-order valence-corrected chi connectivity index (χ1v) is 6.68. The lowest BCUT2D eigenvalue weighted by Gasteiger charge is -2.07. The van der Waals surface area contributed by atoms with E-state index >= 15 is 0 Å². The monoisotopic (exact) mass is 228 g/mol. The first-order valence-electron chi connectivity index (χ1n) is 6.68. The Morgan fingerprint density at radius 2 is 1.56 bits per heavy atom. The Labute approximate surface area is 101 Å². The van der Waals surface area contributed by atoms with Crippen LogP contribution in [0.15, 0.2) is 0 Å². The standard InChI is InChI=1S/C14H28O2/c1-12(2)8-6-5-7-9-14(15)16-11-10-13(3)4/h12-13H,5-11H2,1-4H3. The highest BCUT2D eigenvalue weighted by molar-refractivity contribution is 5.69. The summed E-state index contributed by atoms with van der Waals surface area (Å²) >= 11 is 0. The summed E-state index contributed by atoms with van der Waals surface area (Å²) in [6.07, 6.45) is 6.19. The molecule has 0 rings (SSSR count). The summed E-state index contributed by atoms with van der Waals surface area (Å²) in [5.74, 6) is 1.36. The van der Waals surface area contributed by atoms with Crippen molar-refractivity contribution in [1.82, 2.24) is 0 Å². The van der Waals surface area contributed by atoms with Crippen molar-refractivity contribution in [3.8, 4) is 0 Å². The van der Waals surface area contributed by atoms with E-state index in [9.17, 15) is 4.79 Å². The van der Waals surface area contributed by atoms with E-state index in [0.29, 0.717) is 18.9 Å². The molecule has 0 aliphatic heterocycles. The number of carbonyl (C=O) groups excluding carboxylic acids is 1. The lowest BCUT2D eigenvalue weighted by atomic mass is 10.0. The predicted octanol–water partition coefficient (Wildman–Crippen LogP) is 4.18. The van der Waals surface area contributed by atoms with E-state index in [1.807, 2.05) is 0 Å². The molecular formula is C14H28O2. The second-order valence-corrected chi connectivity index (χ2v) is 5.40. The molecule has 0 unspecified atom stereocenters. The Bertz CT molecular complexity index is 174. The molecule has 16 heavy (non-hydrogen) atoms. The molecule has 0 spiro atoms. The third-order valence-corrected chi connectivity index (χ3v) is 2.62. The summed E-state index contributed by atoms with van der Waals surface area (Å²) in [6, 6.07) is 0. The van der Waals surface area contributed by atoms with Crippen LogP contribution < -0.4 is 0 Å². The van der Waals surface area contributed by atoms with Gasteiger partial charge in [0.1, 0.15) is 0 Å². The number of rotatable bonds is 9. The van der Waals surface area contributed by atoms with Crippen molar-refractivity contribution < 1.29 is 9.53 Å². The molecule has 2 heteroatoms. The Morgan fingerprint density at radius 1 is 0.938 bits per heavy atom. The van der Waals surface area contributed by atoms with E-state index in [0.717, 1.165) is 25.2 Å². The molecule has 0 fully saturated rings. The molecule has 0 bridgehead atoms. The van der Waals surface area contributed by atoms with Crippen molar-refractivity contribution in [1.29, 1.82) is 0 Å². The van der Waals surface area contributed by atoms with Crippen molar-refractivity contribution >= 4 is 5.97 Å². The van der Waals surface area contributed by atoms with E-state index in [-0.39, 0.29) is 5.97 Å². The van der Waals surface area contributed by atoms with Gasteiger partial charge in [0.25, 0.3) is 0 Å². The van der Waals surface area contributed by atoms with Crippen LogP contribution in [0.2, 0.25) is 0 Å². The minimum absolute atomic E-state index is 0.0230. The van der Waals surface area contributed by atoms with Gasteiger partial charge in [-0.15, -0.1) is 0 Å². The average molecular weight is 228 g/mol. The van der Waals surface area contributed by atoms with Gasteiger partial charge >= 0.3 is 5.97 Å². The van der Waals surface area contributed by atoms with E-state index in [4.69, 9.17) is 4.74 Å². The van der Waals surface area contributed by atoms with Crippen molar-refractivity contribution in [2.24, 2.45) is 11.8 Å². The Kier molecular flexibility index (Phi) is 9.36. The highest BCUT2D eigenvalue weighted by Crippen LogP contribution is 2.10. The molecule has 0 amide bonds. The summed E-state index contributed by atoms with van der Waals surface area (Å²) in [7, 11) is 0. The van der Waals surface area contributed by atoms with Crippen molar-refractivity contribution in [2.75, 3.05) is 6.61 Å². The summed E-state index contributed by atoms with van der Waals surface area (Å²) in [6.45, 7) is 9.34. The number of hydrogen-bond acceptors (Lipinski definition) is 2. The predicted molar refractivity (Wildman–Crippen MR) is 68.3 cm³/mol. The first kappa shape index (κ1) is 15.5. The zero-order valence-corrected chi connectivity index (χ0v) is 11.4. The second-order valence-electron chi connectivity index (χ2n) is 5.40. The normalized spacial score (nSPS) is 11.1. The summed E-state index contributed by atoms with van der Waals surface area (Å²) in [4.78, 5) is 11.3. The Hall–Kier alpha value is -0.530. The minimum Gasteiger partial charge on any atom is -0.466 e. The van der Waals surface area contributed by atoms with Crippen LogP contribution in [0.25, 0.3) is 0 Å². The molecule has 0 aliphatic carbocycles. The zero-order valence-electron chi connectivity index (χ0n) is 11.4. The van der Waals surface area contributed by atoms with Gasteiger partial charge in [0.05, 0.1) is 6.61 Å². The highest BCUT2D eigenvalue weighted by atomic mass is 16.5. The van der Waals surface area contributed by atoms with Gasteiger partial charge in [0, 0.05) is 6.42 Å². The molecule has 0 saturated carbocycles. The van der Waals surface area contributed by atoms with Gasteiger partial charge in [-0.1, -0.05) is 47.0 Å². The Morgan fingerprint density at radius 3 is 2.12 bits per heavy atom. The minimum atomic E-state index is -0.0230. The molecule has 0 N–H and O–H groups in total. The van der Waals surface area contributed by atoms with Crippen molar-refractivity contribution in [3.05, 3.63) is 0 Å². The topological polar surface area (TPSA) is 26.3 Å². The molecular weight excluding hydrogens is 200 g/mol. The van der Waals surface area contributed by atoms with E-state index in [1.54, 1.807) is 0 Å². The number of esters is 1. The Balaban J connectivity index is 3.24. The van der Waals surface area contributed by atoms with Crippen LogP contribution >= 0.6 is 0 Å². The third kappa shape index (κ3) is 11.5. The molecule has 0 aliphatic rings. The molecule has 2 nitrogen and oxygen atoms in total. The van der Waals surface area contributed by atoms with E-state index in [1.165, 1.54) is 12.8 Å². The summed E-state index contributed by atoms with van der Waals surface area (Å²) in [5, 5.41) is 0. The molecule has 0 radical (unpaired) electrons. The zero-order chi connectivity index (χ0) is 12.4. The van der Waals surface area contributed by atoms with Crippen molar-refractivity contribution in [3.63, 3.8) is 0 Å². The van der Waals surface area contributed by atoms with E-state index < -0.39 is 0 Å². The first-order chi connectivity index (χ1) is 7.52. The van der Waals surface area contributed by atoms with Gasteiger partial charge in [-0.3, -0.25) is 4.79 Å². The lowest BCUT2D eigenvalue weighted by Crippen LogP contribution is -2.07. The fraction of sp³-hybridized carbons (Fsp3) is 0.929. The number of unbranched alkanes of at least 4 members (excludes halogenated alkanes) is 2. The molecule has 0 atom stereocenters. The van der Waals surface area contributed by atoms with Crippen LogP contribution in [-0.2, 0) is 9.53 Å². The SMILES string of the molecule is CC(C)CCCCCC(=O)OCCC(C)C. The molecule has 0 aromatic heterocycles. The van der Waals surface area contributed by atoms with Crippen LogP contribution in [0, 0.1) is 11.8 Å². The lowest BCUT2D eigenvalue weighted by molar-refractivity contribution is -0.144. The fourth-order valence-electron chi connectivity index (χ4n) is 1.48. The van der Waals surface area contributed by atoms with E-state index in [2.05, 4.69) is 27.7 Å². The van der Waals surface area contributed by atoms with Gasteiger partial charge in [0.15, 0.2) is 0 Å². The molecule has 0 saturated heterocycles. The smallest absolute Gasteiger partial charge is 0.305 e. The molecule has 0 aromatic rings. The van der Waals surface area contributed by atoms with Gasteiger partial charge in [0.2, 0.25) is 0 Å². The molecule has 96 valence electrons. The van der Waals surface area contributed by atoms with Crippen molar-refractivity contribution in [2.45, 2.75) is 66.2 Å². The number of ether oxygens (including phenoxy) is 1. The van der Waals surface area contributed by atoms with Gasteiger partial charge in [-0.05, 0) is 24.7 Å². The maximum atomic E-state index is 11.3. The van der Waals surface area contributed by atoms with Gasteiger partial charge < -0.3 is 4.74 Å². The number of carbonyl (C=O) groups is 1. The maximum absolute atomic E-state index is 11.3. The summed E-state index contributed by atoms with van der Waals surface area (Å²) in [5.41, 5.74) is 0. The van der Waals surface area contributed by atoms with Crippen LogP contribution in [0.4, 0.5) is 0 Å². The van der Waals surface area contributed by atoms with Gasteiger partial charge in [-0.2, -0.15) is 0 Å². The van der Waals surface area contributed by atoms with Crippen LogP contribution in [0.5, 0.6) is 0 Å². The van der Waals surface area contributed by atoms with Gasteiger partial charge in [-0.25, -0.2) is 0 Å². The van der Waals surface area contributed by atoms with Crippen LogP contribution in [0.1, 0.15) is 66.2 Å². The largest absolute Gasteiger partial charge is 0.466 e. The molecule has 0 aromatic carbocycles. The van der Waals surface area contributed by atoms with Crippen LogP contribution in [0.3, 0.4) is 0 Å². The highest BCUT2D eigenvalue weighted by Gasteiger charge is 2.03. The van der Waals surface area contributed by atoms with Crippen LogP contribution in [-0.4, -0.2) is 12.6 Å². The summed E-state index contributed by atoms with van der Waals surface area (Å²) < 4.78 is 5.14. The fourth-order valence-corrected chi connectivity index (χ4v) is 1.48. The second kappa shape index (κ2) is 9.68. The third-order valence-electron chi connectivity index (χ3n) is 2.62. The number of hydrogen-bond donors (Lipinski definition) is 0. The quantitative estimate of drug-likeness (QED) is 0.437.